The lowest BCUT2D eigenvalue weighted by molar-refractivity contribution is -0.113. The summed E-state index contributed by atoms with van der Waals surface area (Å²) in [6.45, 7) is 5.85. The van der Waals surface area contributed by atoms with Gasteiger partial charge in [0.25, 0.3) is 5.91 Å². The van der Waals surface area contributed by atoms with E-state index in [4.69, 9.17) is 23.8 Å². The first kappa shape index (κ1) is 18.4. The van der Waals surface area contributed by atoms with E-state index in [1.807, 2.05) is 57.2 Å². The molecule has 1 aliphatic heterocycles. The molecule has 4 nitrogen and oxygen atoms in total. The van der Waals surface area contributed by atoms with Gasteiger partial charge in [0.2, 0.25) is 0 Å². The molecule has 3 rings (SSSR count). The van der Waals surface area contributed by atoms with Crippen molar-refractivity contribution < 1.29 is 4.79 Å². The highest BCUT2D eigenvalue weighted by molar-refractivity contribution is 7.80. The van der Waals surface area contributed by atoms with Gasteiger partial charge in [0.1, 0.15) is 0 Å². The Morgan fingerprint density at radius 1 is 1.15 bits per heavy atom. The highest BCUT2D eigenvalue weighted by atomic mass is 35.5. The SMILES string of the molecule is CC1=C(C(=O)Nc2ccc(C)cc2C)[C@@H](c2cccc(Cl)c2)NC(=S)N1. The molecular formula is C20H20ClN3OS. The third-order valence-corrected chi connectivity index (χ3v) is 4.78. The van der Waals surface area contributed by atoms with Crippen LogP contribution in [0.1, 0.15) is 29.7 Å². The lowest BCUT2D eigenvalue weighted by atomic mass is 9.95. The molecule has 3 N–H and O–H groups in total. The van der Waals surface area contributed by atoms with Crippen molar-refractivity contribution in [2.75, 3.05) is 5.32 Å². The summed E-state index contributed by atoms with van der Waals surface area (Å²) >= 11 is 11.4. The van der Waals surface area contributed by atoms with E-state index in [0.717, 1.165) is 28.1 Å². The smallest absolute Gasteiger partial charge is 0.255 e. The molecule has 1 aliphatic rings. The molecule has 0 spiro atoms. The maximum atomic E-state index is 13.1. The largest absolute Gasteiger partial charge is 0.351 e. The first-order chi connectivity index (χ1) is 12.3. The average molecular weight is 386 g/mol. The van der Waals surface area contributed by atoms with Crippen LogP contribution in [0.2, 0.25) is 5.02 Å². The van der Waals surface area contributed by atoms with Crippen molar-refractivity contribution in [2.45, 2.75) is 26.8 Å². The minimum atomic E-state index is -0.367. The maximum absolute atomic E-state index is 13.1. The number of amides is 1. The topological polar surface area (TPSA) is 53.2 Å². The Kier molecular flexibility index (Phi) is 5.30. The lowest BCUT2D eigenvalue weighted by Gasteiger charge is -2.30. The van der Waals surface area contributed by atoms with Crippen LogP contribution in [0.25, 0.3) is 0 Å². The average Bonchev–Trinajstić information content (AvgIpc) is 2.56. The van der Waals surface area contributed by atoms with Crippen molar-refractivity contribution in [3.05, 3.63) is 75.4 Å². The van der Waals surface area contributed by atoms with E-state index in [1.54, 1.807) is 6.07 Å². The van der Waals surface area contributed by atoms with Crippen molar-refractivity contribution in [3.63, 3.8) is 0 Å². The van der Waals surface area contributed by atoms with Gasteiger partial charge in [0, 0.05) is 16.4 Å². The summed E-state index contributed by atoms with van der Waals surface area (Å²) in [4.78, 5) is 13.1. The van der Waals surface area contributed by atoms with Gasteiger partial charge in [-0.1, -0.05) is 41.4 Å². The van der Waals surface area contributed by atoms with Gasteiger partial charge in [0.05, 0.1) is 11.6 Å². The van der Waals surface area contributed by atoms with E-state index in [9.17, 15) is 4.79 Å². The van der Waals surface area contributed by atoms with Crippen LogP contribution in [0.3, 0.4) is 0 Å². The zero-order chi connectivity index (χ0) is 18.8. The number of nitrogens with one attached hydrogen (secondary N) is 3. The van der Waals surface area contributed by atoms with Gasteiger partial charge in [-0.15, -0.1) is 0 Å². The molecule has 0 aliphatic carbocycles. The summed E-state index contributed by atoms with van der Waals surface area (Å²) in [5.74, 6) is -0.179. The quantitative estimate of drug-likeness (QED) is 0.686. The van der Waals surface area contributed by atoms with Crippen LogP contribution >= 0.6 is 23.8 Å². The number of hydrogen-bond acceptors (Lipinski definition) is 2. The first-order valence-corrected chi connectivity index (χ1v) is 9.06. The Hall–Kier alpha value is -2.37. The van der Waals surface area contributed by atoms with E-state index in [1.165, 1.54) is 0 Å². The molecule has 0 bridgehead atoms. The zero-order valence-electron chi connectivity index (χ0n) is 14.8. The van der Waals surface area contributed by atoms with Crippen molar-refractivity contribution in [3.8, 4) is 0 Å². The summed E-state index contributed by atoms with van der Waals surface area (Å²) in [5, 5.41) is 10.3. The lowest BCUT2D eigenvalue weighted by Crippen LogP contribution is -2.45. The third-order valence-electron chi connectivity index (χ3n) is 4.33. The molecule has 0 fully saturated rings. The van der Waals surface area contributed by atoms with Crippen LogP contribution in [-0.4, -0.2) is 11.0 Å². The van der Waals surface area contributed by atoms with Gasteiger partial charge in [-0.3, -0.25) is 4.79 Å². The van der Waals surface area contributed by atoms with E-state index in [-0.39, 0.29) is 11.9 Å². The number of thiocarbonyl (C=S) groups is 1. The molecule has 6 heteroatoms. The molecular weight excluding hydrogens is 366 g/mol. The van der Waals surface area contributed by atoms with E-state index < -0.39 is 0 Å². The standard InChI is InChI=1S/C20H20ClN3OS/c1-11-7-8-16(12(2)9-11)23-19(25)17-13(3)22-20(26)24-18(17)14-5-4-6-15(21)10-14/h4-10,18H,1-3H3,(H,23,25)(H2,22,24,26)/t18-/m1/s1. The number of allylic oxidation sites excluding steroid dienone is 1. The highest BCUT2D eigenvalue weighted by Crippen LogP contribution is 2.29. The number of anilines is 1. The molecule has 0 saturated carbocycles. The zero-order valence-corrected chi connectivity index (χ0v) is 16.4. The summed E-state index contributed by atoms with van der Waals surface area (Å²) in [6, 6.07) is 13.0. The van der Waals surface area contributed by atoms with E-state index in [2.05, 4.69) is 16.0 Å². The molecule has 1 atom stereocenters. The van der Waals surface area contributed by atoms with Gasteiger partial charge in [-0.2, -0.15) is 0 Å². The number of carbonyl (C=O) groups is 1. The van der Waals surface area contributed by atoms with Crippen LogP contribution in [0, 0.1) is 13.8 Å². The second-order valence-corrected chi connectivity index (χ2v) is 7.24. The second-order valence-electron chi connectivity index (χ2n) is 6.40. The summed E-state index contributed by atoms with van der Waals surface area (Å²) in [5.41, 5.74) is 5.15. The van der Waals surface area contributed by atoms with Crippen LogP contribution < -0.4 is 16.0 Å². The first-order valence-electron chi connectivity index (χ1n) is 8.27. The third kappa shape index (κ3) is 3.89. The number of carbonyl (C=O) groups excluding carboxylic acids is 1. The molecule has 0 aromatic heterocycles. The van der Waals surface area contributed by atoms with Crippen molar-refractivity contribution in [1.82, 2.24) is 10.6 Å². The fourth-order valence-electron chi connectivity index (χ4n) is 3.07. The van der Waals surface area contributed by atoms with Crippen molar-refractivity contribution in [2.24, 2.45) is 0 Å². The number of hydrogen-bond donors (Lipinski definition) is 3. The predicted octanol–water partition coefficient (Wildman–Crippen LogP) is 4.39. The fourth-order valence-corrected chi connectivity index (χ4v) is 3.54. The number of aryl methyl sites for hydroxylation is 2. The Bertz CT molecular complexity index is 923. The van der Waals surface area contributed by atoms with Gasteiger partial charge < -0.3 is 16.0 Å². The van der Waals surface area contributed by atoms with Gasteiger partial charge in [0.15, 0.2) is 5.11 Å². The minimum Gasteiger partial charge on any atom is -0.351 e. The van der Waals surface area contributed by atoms with Crippen LogP contribution in [0.15, 0.2) is 53.7 Å². The molecule has 2 aromatic rings. The summed E-state index contributed by atoms with van der Waals surface area (Å²) < 4.78 is 0. The molecule has 2 aromatic carbocycles. The van der Waals surface area contributed by atoms with Gasteiger partial charge >= 0.3 is 0 Å². The maximum Gasteiger partial charge on any atom is 0.255 e. The van der Waals surface area contributed by atoms with E-state index >= 15 is 0 Å². The molecule has 1 amide bonds. The van der Waals surface area contributed by atoms with Crippen LogP contribution in [0.4, 0.5) is 5.69 Å². The Morgan fingerprint density at radius 3 is 2.62 bits per heavy atom. The number of benzene rings is 2. The minimum absolute atomic E-state index is 0.179. The molecule has 0 saturated heterocycles. The van der Waals surface area contributed by atoms with Gasteiger partial charge in [-0.25, -0.2) is 0 Å². The molecule has 0 radical (unpaired) electrons. The molecule has 26 heavy (non-hydrogen) atoms. The molecule has 1 heterocycles. The Balaban J connectivity index is 1.97. The van der Waals surface area contributed by atoms with Crippen molar-refractivity contribution >= 4 is 40.5 Å². The summed E-state index contributed by atoms with van der Waals surface area (Å²) in [6.07, 6.45) is 0. The Morgan fingerprint density at radius 2 is 1.92 bits per heavy atom. The fraction of sp³-hybridized carbons (Fsp3) is 0.200. The highest BCUT2D eigenvalue weighted by Gasteiger charge is 2.30. The van der Waals surface area contributed by atoms with Crippen molar-refractivity contribution in [1.29, 1.82) is 0 Å². The van der Waals surface area contributed by atoms with Crippen LogP contribution in [0.5, 0.6) is 0 Å². The van der Waals surface area contributed by atoms with E-state index in [0.29, 0.717) is 15.7 Å². The predicted molar refractivity (Wildman–Crippen MR) is 110 cm³/mol. The number of halogens is 1. The molecule has 0 unspecified atom stereocenters. The van der Waals surface area contributed by atoms with Gasteiger partial charge in [-0.05, 0) is 62.3 Å². The van der Waals surface area contributed by atoms with Crippen LogP contribution in [-0.2, 0) is 4.79 Å². The molecule has 134 valence electrons. The number of rotatable bonds is 3. The normalized spacial score (nSPS) is 16.8. The monoisotopic (exact) mass is 385 g/mol. The second kappa shape index (κ2) is 7.48. The Labute approximate surface area is 163 Å². The summed E-state index contributed by atoms with van der Waals surface area (Å²) in [7, 11) is 0.